The molecular weight excluding hydrogens is 311 g/mol. The molecule has 1 aromatic carbocycles. The van der Waals surface area contributed by atoms with Crippen molar-refractivity contribution in [2.24, 2.45) is 5.92 Å². The van der Waals surface area contributed by atoms with Crippen LogP contribution < -0.4 is 10.0 Å². The van der Waals surface area contributed by atoms with Crippen LogP contribution in [0.15, 0.2) is 23.1 Å². The Morgan fingerprint density at radius 3 is 2.86 bits per heavy atom. The lowest BCUT2D eigenvalue weighted by Crippen LogP contribution is -2.30. The fourth-order valence-corrected chi connectivity index (χ4v) is 4.65. The van der Waals surface area contributed by atoms with Crippen LogP contribution in [0.3, 0.4) is 0 Å². The van der Waals surface area contributed by atoms with E-state index in [-0.39, 0.29) is 4.90 Å². The van der Waals surface area contributed by atoms with Crippen molar-refractivity contribution in [3.05, 3.63) is 29.6 Å². The summed E-state index contributed by atoms with van der Waals surface area (Å²) in [5.41, 5.74) is 0.737. The summed E-state index contributed by atoms with van der Waals surface area (Å²) in [5.74, 6) is 1.69. The SMILES string of the molecule is CCNCc1ccc(S(=O)(=O)NCC2CCSC2)c(F)c1. The zero-order chi connectivity index (χ0) is 15.3. The highest BCUT2D eigenvalue weighted by Gasteiger charge is 2.22. The summed E-state index contributed by atoms with van der Waals surface area (Å²) in [6.07, 6.45) is 1.01. The van der Waals surface area contributed by atoms with Gasteiger partial charge < -0.3 is 5.32 Å². The fourth-order valence-electron chi connectivity index (χ4n) is 2.19. The summed E-state index contributed by atoms with van der Waals surface area (Å²) in [6, 6.07) is 4.27. The van der Waals surface area contributed by atoms with E-state index in [2.05, 4.69) is 10.0 Å². The zero-order valence-corrected chi connectivity index (χ0v) is 13.7. The summed E-state index contributed by atoms with van der Waals surface area (Å²) < 4.78 is 40.9. The maximum Gasteiger partial charge on any atom is 0.243 e. The summed E-state index contributed by atoms with van der Waals surface area (Å²) in [7, 11) is -3.77. The second-order valence-corrected chi connectivity index (χ2v) is 8.01. The van der Waals surface area contributed by atoms with Gasteiger partial charge in [0.25, 0.3) is 0 Å². The van der Waals surface area contributed by atoms with Crippen molar-refractivity contribution in [1.29, 1.82) is 0 Å². The predicted octanol–water partition coefficient (Wildman–Crippen LogP) is 1.97. The monoisotopic (exact) mass is 332 g/mol. The molecule has 0 aliphatic carbocycles. The third kappa shape index (κ3) is 4.67. The minimum Gasteiger partial charge on any atom is -0.313 e. The molecule has 1 aliphatic heterocycles. The standard InChI is InChI=1S/C14H21FN2O2S2/c1-2-16-8-11-3-4-14(13(15)7-11)21(18,19)17-9-12-5-6-20-10-12/h3-4,7,12,16-17H,2,5-6,8-10H2,1H3. The number of rotatable bonds is 7. The number of sulfonamides is 1. The Morgan fingerprint density at radius 1 is 1.43 bits per heavy atom. The van der Waals surface area contributed by atoms with Crippen molar-refractivity contribution in [2.75, 3.05) is 24.6 Å². The number of hydrogen-bond donors (Lipinski definition) is 2. The molecule has 0 spiro atoms. The molecular formula is C14H21FN2O2S2. The molecule has 7 heteroatoms. The van der Waals surface area contributed by atoms with Gasteiger partial charge in [0.2, 0.25) is 10.0 Å². The zero-order valence-electron chi connectivity index (χ0n) is 12.1. The maximum atomic E-state index is 14.0. The van der Waals surface area contributed by atoms with Crippen LogP contribution in [0.25, 0.3) is 0 Å². The van der Waals surface area contributed by atoms with Gasteiger partial charge in [0.05, 0.1) is 0 Å². The Balaban J connectivity index is 2.04. The van der Waals surface area contributed by atoms with E-state index in [0.717, 1.165) is 30.0 Å². The highest BCUT2D eigenvalue weighted by atomic mass is 32.2. The quantitative estimate of drug-likeness (QED) is 0.801. The molecule has 0 amide bonds. The van der Waals surface area contributed by atoms with E-state index in [1.807, 2.05) is 18.7 Å². The Morgan fingerprint density at radius 2 is 2.24 bits per heavy atom. The molecule has 0 bridgehead atoms. The van der Waals surface area contributed by atoms with Gasteiger partial charge in [0.15, 0.2) is 0 Å². The number of benzene rings is 1. The normalized spacial score (nSPS) is 19.0. The first kappa shape index (κ1) is 16.7. The van der Waals surface area contributed by atoms with Gasteiger partial charge in [0, 0.05) is 13.1 Å². The lowest BCUT2D eigenvalue weighted by atomic mass is 10.1. The molecule has 1 aromatic rings. The van der Waals surface area contributed by atoms with Crippen molar-refractivity contribution in [3.63, 3.8) is 0 Å². The lowest BCUT2D eigenvalue weighted by molar-refractivity contribution is 0.533. The Kier molecular flexibility index (Phi) is 6.04. The Bertz CT molecular complexity index is 572. The van der Waals surface area contributed by atoms with E-state index in [1.165, 1.54) is 12.1 Å². The molecule has 1 saturated heterocycles. The number of hydrogen-bond acceptors (Lipinski definition) is 4. The van der Waals surface area contributed by atoms with Gasteiger partial charge in [-0.1, -0.05) is 13.0 Å². The molecule has 1 unspecified atom stereocenters. The number of halogens is 1. The van der Waals surface area contributed by atoms with Crippen molar-refractivity contribution >= 4 is 21.8 Å². The van der Waals surface area contributed by atoms with E-state index >= 15 is 0 Å². The van der Waals surface area contributed by atoms with Gasteiger partial charge in [0.1, 0.15) is 10.7 Å². The summed E-state index contributed by atoms with van der Waals surface area (Å²) in [4.78, 5) is -0.270. The van der Waals surface area contributed by atoms with Gasteiger partial charge in [-0.15, -0.1) is 0 Å². The summed E-state index contributed by atoms with van der Waals surface area (Å²) >= 11 is 1.83. The highest BCUT2D eigenvalue weighted by Crippen LogP contribution is 2.23. The van der Waals surface area contributed by atoms with E-state index in [9.17, 15) is 12.8 Å². The lowest BCUT2D eigenvalue weighted by Gasteiger charge is -2.12. The first-order chi connectivity index (χ1) is 10.0. The third-order valence-corrected chi connectivity index (χ3v) is 6.14. The van der Waals surface area contributed by atoms with E-state index in [1.54, 1.807) is 6.07 Å². The van der Waals surface area contributed by atoms with Gasteiger partial charge in [-0.2, -0.15) is 11.8 Å². The van der Waals surface area contributed by atoms with Gasteiger partial charge in [-0.3, -0.25) is 0 Å². The van der Waals surface area contributed by atoms with Crippen molar-refractivity contribution in [3.8, 4) is 0 Å². The first-order valence-electron chi connectivity index (χ1n) is 7.09. The molecule has 1 fully saturated rings. The minimum atomic E-state index is -3.77. The van der Waals surface area contributed by atoms with Crippen molar-refractivity contribution < 1.29 is 12.8 Å². The number of nitrogens with one attached hydrogen (secondary N) is 2. The molecule has 0 radical (unpaired) electrons. The van der Waals surface area contributed by atoms with Crippen LogP contribution in [0.2, 0.25) is 0 Å². The summed E-state index contributed by atoms with van der Waals surface area (Å²) in [6.45, 7) is 3.65. The van der Waals surface area contributed by atoms with Gasteiger partial charge in [-0.25, -0.2) is 17.5 Å². The van der Waals surface area contributed by atoms with Crippen LogP contribution >= 0.6 is 11.8 Å². The maximum absolute atomic E-state index is 14.0. The van der Waals surface area contributed by atoms with Crippen LogP contribution in [-0.2, 0) is 16.6 Å². The van der Waals surface area contributed by atoms with E-state index < -0.39 is 15.8 Å². The second kappa shape index (κ2) is 7.58. The molecule has 118 valence electrons. The molecule has 2 N–H and O–H groups in total. The fraction of sp³-hybridized carbons (Fsp3) is 0.571. The van der Waals surface area contributed by atoms with Crippen LogP contribution in [0.1, 0.15) is 18.9 Å². The summed E-state index contributed by atoms with van der Waals surface area (Å²) in [5, 5.41) is 3.08. The van der Waals surface area contributed by atoms with Gasteiger partial charge in [-0.05, 0) is 48.1 Å². The van der Waals surface area contributed by atoms with Crippen LogP contribution in [0.5, 0.6) is 0 Å². The minimum absolute atomic E-state index is 0.270. The predicted molar refractivity (Wildman–Crippen MR) is 84.4 cm³/mol. The van der Waals surface area contributed by atoms with Crippen molar-refractivity contribution in [2.45, 2.75) is 24.8 Å². The average Bonchev–Trinajstić information content (AvgIpc) is 2.96. The number of thioether (sulfide) groups is 1. The van der Waals surface area contributed by atoms with E-state index in [4.69, 9.17) is 0 Å². The van der Waals surface area contributed by atoms with Crippen molar-refractivity contribution in [1.82, 2.24) is 10.0 Å². The average molecular weight is 332 g/mol. The highest BCUT2D eigenvalue weighted by molar-refractivity contribution is 7.99. The first-order valence-corrected chi connectivity index (χ1v) is 9.73. The largest absolute Gasteiger partial charge is 0.313 e. The Labute approximate surface area is 129 Å². The van der Waals surface area contributed by atoms with Crippen LogP contribution in [0, 0.1) is 11.7 Å². The molecule has 1 aliphatic rings. The van der Waals surface area contributed by atoms with Crippen LogP contribution in [-0.4, -0.2) is 33.0 Å². The molecule has 1 atom stereocenters. The molecule has 21 heavy (non-hydrogen) atoms. The molecule has 0 aromatic heterocycles. The topological polar surface area (TPSA) is 58.2 Å². The molecule has 1 heterocycles. The van der Waals surface area contributed by atoms with E-state index in [0.29, 0.717) is 19.0 Å². The molecule has 0 saturated carbocycles. The smallest absolute Gasteiger partial charge is 0.243 e. The third-order valence-electron chi connectivity index (χ3n) is 3.45. The second-order valence-electron chi connectivity index (χ2n) is 5.13. The van der Waals surface area contributed by atoms with Gasteiger partial charge >= 0.3 is 0 Å². The molecule has 4 nitrogen and oxygen atoms in total. The van der Waals surface area contributed by atoms with Crippen LogP contribution in [0.4, 0.5) is 4.39 Å². The Hall–Kier alpha value is -0.630. The molecule has 2 rings (SSSR count).